The number of aromatic nitrogens is 2. The number of halogens is 2. The Morgan fingerprint density at radius 3 is 2.54 bits per heavy atom. The Morgan fingerprint density at radius 1 is 1.11 bits per heavy atom. The SMILES string of the molecule is O=C(Nc1nonc1/C(Cc1ccc(F)c(Br)c1)=N/O)C1CCN(C(=O)Cc2ccccc2)CC1. The fourth-order valence-electron chi connectivity index (χ4n) is 3.96. The zero-order valence-electron chi connectivity index (χ0n) is 18.7. The molecule has 0 unspecified atom stereocenters. The van der Waals surface area contributed by atoms with Crippen LogP contribution in [0.5, 0.6) is 0 Å². The highest BCUT2D eigenvalue weighted by molar-refractivity contribution is 9.10. The normalized spacial score (nSPS) is 14.7. The zero-order chi connectivity index (χ0) is 24.8. The summed E-state index contributed by atoms with van der Waals surface area (Å²) in [4.78, 5) is 27.2. The molecule has 0 saturated carbocycles. The molecule has 11 heteroatoms. The van der Waals surface area contributed by atoms with Crippen molar-refractivity contribution in [3.63, 3.8) is 0 Å². The minimum atomic E-state index is -0.417. The van der Waals surface area contributed by atoms with E-state index in [0.717, 1.165) is 5.56 Å². The monoisotopic (exact) mass is 543 g/mol. The van der Waals surface area contributed by atoms with E-state index in [9.17, 15) is 19.2 Å². The lowest BCUT2D eigenvalue weighted by Crippen LogP contribution is -2.42. The second-order valence-corrected chi connectivity index (χ2v) is 9.09. The van der Waals surface area contributed by atoms with Gasteiger partial charge in [-0.2, -0.15) is 0 Å². The third-order valence-corrected chi connectivity index (χ3v) is 6.50. The van der Waals surface area contributed by atoms with E-state index in [1.165, 1.54) is 6.07 Å². The molecule has 4 rings (SSSR count). The number of amides is 2. The van der Waals surface area contributed by atoms with Gasteiger partial charge in [-0.3, -0.25) is 9.59 Å². The highest BCUT2D eigenvalue weighted by atomic mass is 79.9. The Kier molecular flexibility index (Phi) is 7.86. The number of piperidine rings is 1. The Labute approximate surface area is 209 Å². The van der Waals surface area contributed by atoms with Crippen molar-refractivity contribution < 1.29 is 23.8 Å². The molecule has 0 radical (unpaired) electrons. The molecular weight excluding hydrogens is 521 g/mol. The molecule has 1 aliphatic heterocycles. The molecule has 1 fully saturated rings. The van der Waals surface area contributed by atoms with Crippen LogP contribution >= 0.6 is 15.9 Å². The molecule has 2 N–H and O–H groups in total. The Hall–Kier alpha value is -3.60. The summed E-state index contributed by atoms with van der Waals surface area (Å²) in [6, 6.07) is 13.9. The average molecular weight is 544 g/mol. The van der Waals surface area contributed by atoms with Crippen molar-refractivity contribution in [3.05, 3.63) is 75.6 Å². The predicted molar refractivity (Wildman–Crippen MR) is 129 cm³/mol. The first-order chi connectivity index (χ1) is 16.9. The van der Waals surface area contributed by atoms with E-state index in [2.05, 4.69) is 36.7 Å². The van der Waals surface area contributed by atoms with Gasteiger partial charge in [0.1, 0.15) is 11.5 Å². The molecule has 2 amide bonds. The first-order valence-corrected chi connectivity index (χ1v) is 11.8. The van der Waals surface area contributed by atoms with Gasteiger partial charge in [0, 0.05) is 25.4 Å². The number of rotatable bonds is 7. The summed E-state index contributed by atoms with van der Waals surface area (Å²) in [5.74, 6) is -0.942. The topological polar surface area (TPSA) is 121 Å². The van der Waals surface area contributed by atoms with Gasteiger partial charge in [0.25, 0.3) is 0 Å². The van der Waals surface area contributed by atoms with Crippen LogP contribution < -0.4 is 5.32 Å². The number of nitrogens with one attached hydrogen (secondary N) is 1. The summed E-state index contributed by atoms with van der Waals surface area (Å²) < 4.78 is 18.6. The fourth-order valence-corrected chi connectivity index (χ4v) is 4.39. The summed E-state index contributed by atoms with van der Waals surface area (Å²) >= 11 is 3.12. The molecule has 0 aliphatic carbocycles. The Morgan fingerprint density at radius 2 is 1.86 bits per heavy atom. The van der Waals surface area contributed by atoms with Crippen molar-refractivity contribution in [2.75, 3.05) is 18.4 Å². The van der Waals surface area contributed by atoms with Gasteiger partial charge in [-0.15, -0.1) is 0 Å². The van der Waals surface area contributed by atoms with E-state index in [1.807, 2.05) is 30.3 Å². The number of oxime groups is 1. The van der Waals surface area contributed by atoms with Gasteiger partial charge in [-0.1, -0.05) is 41.6 Å². The quantitative estimate of drug-likeness (QED) is 0.265. The number of carbonyl (C=O) groups excluding carboxylic acids is 2. The third kappa shape index (κ3) is 6.10. The fraction of sp³-hybridized carbons (Fsp3) is 0.292. The average Bonchev–Trinajstić information content (AvgIpc) is 3.33. The van der Waals surface area contributed by atoms with E-state index in [-0.39, 0.29) is 45.8 Å². The maximum atomic E-state index is 13.5. The maximum absolute atomic E-state index is 13.5. The van der Waals surface area contributed by atoms with Crippen LogP contribution in [0.1, 0.15) is 29.7 Å². The molecule has 0 spiro atoms. The predicted octanol–water partition coefficient (Wildman–Crippen LogP) is 3.81. The minimum Gasteiger partial charge on any atom is -0.411 e. The van der Waals surface area contributed by atoms with Gasteiger partial charge in [0.2, 0.25) is 17.6 Å². The number of hydrogen-bond acceptors (Lipinski definition) is 7. The summed E-state index contributed by atoms with van der Waals surface area (Å²) in [6.07, 6.45) is 1.46. The number of nitrogens with zero attached hydrogens (tertiary/aromatic N) is 4. The number of anilines is 1. The van der Waals surface area contributed by atoms with Gasteiger partial charge in [-0.25, -0.2) is 9.02 Å². The molecule has 1 saturated heterocycles. The molecule has 2 aromatic carbocycles. The third-order valence-electron chi connectivity index (χ3n) is 5.90. The number of likely N-dealkylation sites (tertiary alicyclic amines) is 1. The van der Waals surface area contributed by atoms with Crippen molar-refractivity contribution in [1.82, 2.24) is 15.2 Å². The molecule has 0 bridgehead atoms. The molecule has 35 heavy (non-hydrogen) atoms. The number of carbonyl (C=O) groups is 2. The largest absolute Gasteiger partial charge is 0.411 e. The smallest absolute Gasteiger partial charge is 0.228 e. The highest BCUT2D eigenvalue weighted by Crippen LogP contribution is 2.23. The lowest BCUT2D eigenvalue weighted by Gasteiger charge is -2.31. The lowest BCUT2D eigenvalue weighted by molar-refractivity contribution is -0.133. The van der Waals surface area contributed by atoms with Gasteiger partial charge >= 0.3 is 0 Å². The number of benzene rings is 2. The van der Waals surface area contributed by atoms with E-state index < -0.39 is 5.82 Å². The lowest BCUT2D eigenvalue weighted by atomic mass is 9.95. The van der Waals surface area contributed by atoms with Gasteiger partial charge in [-0.05, 0) is 62.3 Å². The van der Waals surface area contributed by atoms with E-state index in [0.29, 0.717) is 37.9 Å². The van der Waals surface area contributed by atoms with Crippen molar-refractivity contribution in [2.24, 2.45) is 11.1 Å². The second-order valence-electron chi connectivity index (χ2n) is 8.24. The molecule has 182 valence electrons. The molecule has 1 aromatic heterocycles. The second kappa shape index (κ2) is 11.2. The number of hydrogen-bond donors (Lipinski definition) is 2. The molecular formula is C24H23BrFN5O4. The van der Waals surface area contributed by atoms with E-state index >= 15 is 0 Å². The van der Waals surface area contributed by atoms with Crippen LogP contribution in [0.4, 0.5) is 10.2 Å². The van der Waals surface area contributed by atoms with Crippen LogP contribution in [-0.4, -0.2) is 51.0 Å². The van der Waals surface area contributed by atoms with Crippen LogP contribution in [0.2, 0.25) is 0 Å². The van der Waals surface area contributed by atoms with Crippen LogP contribution in [-0.2, 0) is 22.4 Å². The van der Waals surface area contributed by atoms with Crippen molar-refractivity contribution in [1.29, 1.82) is 0 Å². The summed E-state index contributed by atoms with van der Waals surface area (Å²) in [7, 11) is 0. The van der Waals surface area contributed by atoms with Crippen molar-refractivity contribution in [3.8, 4) is 0 Å². The standard InChI is InChI=1S/C24H23BrFN5O4/c25-18-12-16(6-7-19(18)26)13-20(28-34)22-23(30-35-29-22)27-24(33)17-8-10-31(11-9-17)21(32)14-15-4-2-1-3-5-15/h1-7,12,17,34H,8-11,13-14H2,(H,27,30,33)/b28-20+. The maximum Gasteiger partial charge on any atom is 0.228 e. The van der Waals surface area contributed by atoms with Gasteiger partial charge < -0.3 is 15.4 Å². The van der Waals surface area contributed by atoms with Crippen molar-refractivity contribution >= 4 is 39.3 Å². The first-order valence-electron chi connectivity index (χ1n) is 11.0. The summed E-state index contributed by atoms with van der Waals surface area (Å²) in [5.41, 5.74) is 1.79. The Bertz CT molecular complexity index is 1230. The van der Waals surface area contributed by atoms with Gasteiger partial charge in [0.05, 0.1) is 10.9 Å². The van der Waals surface area contributed by atoms with Crippen molar-refractivity contribution in [2.45, 2.75) is 25.7 Å². The Balaban J connectivity index is 1.34. The van der Waals surface area contributed by atoms with Crippen LogP contribution in [0.3, 0.4) is 0 Å². The van der Waals surface area contributed by atoms with E-state index in [4.69, 9.17) is 4.63 Å². The van der Waals surface area contributed by atoms with Crippen LogP contribution in [0.25, 0.3) is 0 Å². The summed E-state index contributed by atoms with van der Waals surface area (Å²) in [6.45, 7) is 0.965. The van der Waals surface area contributed by atoms with E-state index in [1.54, 1.807) is 17.0 Å². The molecule has 2 heterocycles. The summed E-state index contributed by atoms with van der Waals surface area (Å²) in [5, 5.41) is 23.0. The molecule has 9 nitrogen and oxygen atoms in total. The molecule has 1 aliphatic rings. The zero-order valence-corrected chi connectivity index (χ0v) is 20.2. The van der Waals surface area contributed by atoms with Gasteiger partial charge in [0.15, 0.2) is 5.69 Å². The molecule has 0 atom stereocenters. The van der Waals surface area contributed by atoms with Crippen LogP contribution in [0, 0.1) is 11.7 Å². The first kappa shape index (κ1) is 24.5. The minimum absolute atomic E-state index is 0.0339. The highest BCUT2D eigenvalue weighted by Gasteiger charge is 2.29. The van der Waals surface area contributed by atoms with Crippen LogP contribution in [0.15, 0.2) is 62.8 Å². The molecule has 3 aromatic rings.